The van der Waals surface area contributed by atoms with E-state index in [9.17, 15) is 9.59 Å². The molecular weight excluding hydrogens is 412 g/mol. The summed E-state index contributed by atoms with van der Waals surface area (Å²) in [5.41, 5.74) is 2.87. The molecule has 1 saturated heterocycles. The summed E-state index contributed by atoms with van der Waals surface area (Å²) in [5.74, 6) is -0.0116. The third-order valence-electron chi connectivity index (χ3n) is 5.97. The van der Waals surface area contributed by atoms with Crippen LogP contribution in [-0.4, -0.2) is 33.4 Å². The van der Waals surface area contributed by atoms with E-state index >= 15 is 0 Å². The topological polar surface area (TPSA) is 67.2 Å². The van der Waals surface area contributed by atoms with Crippen molar-refractivity contribution in [3.8, 4) is 0 Å². The van der Waals surface area contributed by atoms with Crippen LogP contribution in [0, 0.1) is 6.92 Å². The number of anilines is 1. The second-order valence-electron chi connectivity index (χ2n) is 8.02. The quantitative estimate of drug-likeness (QED) is 0.627. The van der Waals surface area contributed by atoms with Crippen LogP contribution in [0.3, 0.4) is 0 Å². The number of nitrogens with zero attached hydrogens (tertiary/aromatic N) is 3. The van der Waals surface area contributed by atoms with E-state index in [2.05, 4.69) is 16.4 Å². The van der Waals surface area contributed by atoms with Gasteiger partial charge in [-0.3, -0.25) is 9.59 Å². The average Bonchev–Trinajstić information content (AvgIpc) is 3.18. The number of aryl methyl sites for hydroxylation is 1. The lowest BCUT2D eigenvalue weighted by molar-refractivity contribution is -0.125. The molecule has 1 aliphatic heterocycles. The van der Waals surface area contributed by atoms with Crippen LogP contribution >= 0.6 is 11.6 Å². The highest BCUT2D eigenvalue weighted by Gasteiger charge is 2.42. The van der Waals surface area contributed by atoms with Crippen molar-refractivity contribution in [2.24, 2.45) is 7.05 Å². The number of nitrogens with one attached hydrogen (secondary N) is 1. The molecule has 2 aromatic carbocycles. The number of carbonyl (C=O) groups excluding carboxylic acids is 1. The van der Waals surface area contributed by atoms with Crippen molar-refractivity contribution in [3.05, 3.63) is 81.4 Å². The highest BCUT2D eigenvalue weighted by Crippen LogP contribution is 2.39. The van der Waals surface area contributed by atoms with E-state index in [0.29, 0.717) is 29.0 Å². The number of likely N-dealkylation sites (tertiary alicyclic amines) is 1. The van der Waals surface area contributed by atoms with Crippen LogP contribution in [0.4, 0.5) is 5.69 Å². The van der Waals surface area contributed by atoms with Crippen LogP contribution in [-0.2, 0) is 17.4 Å². The number of benzene rings is 2. The summed E-state index contributed by atoms with van der Waals surface area (Å²) < 4.78 is 1.47. The molecule has 1 N–H and O–H groups in total. The van der Waals surface area contributed by atoms with Gasteiger partial charge < -0.3 is 14.8 Å². The number of hydrogen-bond donors (Lipinski definition) is 1. The summed E-state index contributed by atoms with van der Waals surface area (Å²) in [6.07, 6.45) is 5.59. The van der Waals surface area contributed by atoms with E-state index in [1.807, 2.05) is 49.1 Å². The molecule has 4 rings (SSSR count). The minimum Gasteiger partial charge on any atom is -0.374 e. The first kappa shape index (κ1) is 21.1. The van der Waals surface area contributed by atoms with Gasteiger partial charge in [0.15, 0.2) is 0 Å². The zero-order valence-corrected chi connectivity index (χ0v) is 18.6. The van der Waals surface area contributed by atoms with Crippen LogP contribution in [0.2, 0.25) is 5.02 Å². The second kappa shape index (κ2) is 8.19. The Labute approximate surface area is 186 Å². The first-order valence-electron chi connectivity index (χ1n) is 10.3. The van der Waals surface area contributed by atoms with Crippen LogP contribution < -0.4 is 10.9 Å². The van der Waals surface area contributed by atoms with Crippen molar-refractivity contribution in [1.82, 2.24) is 14.5 Å². The lowest BCUT2D eigenvalue weighted by Crippen LogP contribution is -2.40. The molecule has 1 atom stereocenters. The molecule has 160 valence electrons. The molecule has 2 heterocycles. The molecule has 0 bridgehead atoms. The van der Waals surface area contributed by atoms with Gasteiger partial charge in [0.25, 0.3) is 5.56 Å². The monoisotopic (exact) mass is 436 g/mol. The molecule has 7 heteroatoms. The van der Waals surface area contributed by atoms with Crippen molar-refractivity contribution >= 4 is 34.1 Å². The van der Waals surface area contributed by atoms with E-state index in [1.165, 1.54) is 10.9 Å². The maximum absolute atomic E-state index is 12.6. The number of carbonyl (C=O) groups is 1. The van der Waals surface area contributed by atoms with E-state index in [1.54, 1.807) is 19.2 Å². The maximum atomic E-state index is 12.6. The molecule has 0 radical (unpaired) electrons. The van der Waals surface area contributed by atoms with Gasteiger partial charge >= 0.3 is 0 Å². The number of amides is 1. The Morgan fingerprint density at radius 1 is 1.29 bits per heavy atom. The lowest BCUT2D eigenvalue weighted by atomic mass is 9.85. The van der Waals surface area contributed by atoms with Gasteiger partial charge in [-0.25, -0.2) is 4.98 Å². The SMILES string of the molecule is C/C=C/C(=O)N1CC[C@](Nc2ccc3ncn(C)c(=O)c3c2)(c2cccc(Cl)c2C)C1. The Morgan fingerprint density at radius 2 is 2.10 bits per heavy atom. The Morgan fingerprint density at radius 3 is 2.87 bits per heavy atom. The first-order valence-corrected chi connectivity index (χ1v) is 10.6. The Bertz CT molecular complexity index is 1250. The number of hydrogen-bond acceptors (Lipinski definition) is 4. The smallest absolute Gasteiger partial charge is 0.260 e. The lowest BCUT2D eigenvalue weighted by Gasteiger charge is -2.34. The summed E-state index contributed by atoms with van der Waals surface area (Å²) in [6, 6.07) is 11.5. The van der Waals surface area contributed by atoms with Crippen LogP contribution in [0.25, 0.3) is 10.9 Å². The van der Waals surface area contributed by atoms with Gasteiger partial charge in [-0.15, -0.1) is 0 Å². The zero-order valence-electron chi connectivity index (χ0n) is 17.9. The molecule has 3 aromatic rings. The molecule has 0 aliphatic carbocycles. The largest absolute Gasteiger partial charge is 0.374 e. The molecular formula is C24H25ClN4O2. The zero-order chi connectivity index (χ0) is 22.2. The van der Waals surface area contributed by atoms with Crippen molar-refractivity contribution in [1.29, 1.82) is 0 Å². The fraction of sp³-hybridized carbons (Fsp3) is 0.292. The van der Waals surface area contributed by atoms with Crippen molar-refractivity contribution in [2.75, 3.05) is 18.4 Å². The Hall–Kier alpha value is -3.12. The van der Waals surface area contributed by atoms with Crippen LogP contribution in [0.1, 0.15) is 24.5 Å². The minimum atomic E-state index is -0.520. The minimum absolute atomic E-state index is 0.0116. The predicted molar refractivity (Wildman–Crippen MR) is 124 cm³/mol. The van der Waals surface area contributed by atoms with Crippen molar-refractivity contribution < 1.29 is 4.79 Å². The van der Waals surface area contributed by atoms with E-state index < -0.39 is 5.54 Å². The van der Waals surface area contributed by atoms with Crippen molar-refractivity contribution in [2.45, 2.75) is 25.8 Å². The van der Waals surface area contributed by atoms with Gasteiger partial charge in [0.05, 0.1) is 22.8 Å². The van der Waals surface area contributed by atoms with Gasteiger partial charge in [0.2, 0.25) is 5.91 Å². The molecule has 0 unspecified atom stereocenters. The maximum Gasteiger partial charge on any atom is 0.260 e. The van der Waals surface area contributed by atoms with E-state index in [-0.39, 0.29) is 11.5 Å². The molecule has 0 saturated carbocycles. The number of rotatable bonds is 4. The fourth-order valence-electron chi connectivity index (χ4n) is 4.33. The van der Waals surface area contributed by atoms with E-state index in [0.717, 1.165) is 23.2 Å². The molecule has 0 spiro atoms. The van der Waals surface area contributed by atoms with E-state index in [4.69, 9.17) is 11.6 Å². The summed E-state index contributed by atoms with van der Waals surface area (Å²) >= 11 is 6.45. The fourth-order valence-corrected chi connectivity index (χ4v) is 4.50. The van der Waals surface area contributed by atoms with Crippen molar-refractivity contribution in [3.63, 3.8) is 0 Å². The second-order valence-corrected chi connectivity index (χ2v) is 8.43. The normalized spacial score (nSPS) is 18.8. The number of aromatic nitrogens is 2. The molecule has 1 amide bonds. The summed E-state index contributed by atoms with van der Waals surface area (Å²) in [4.78, 5) is 31.3. The molecule has 6 nitrogen and oxygen atoms in total. The molecule has 1 fully saturated rings. The highest BCUT2D eigenvalue weighted by atomic mass is 35.5. The van der Waals surface area contributed by atoms with Crippen LogP contribution in [0.5, 0.6) is 0 Å². The molecule has 1 aromatic heterocycles. The summed E-state index contributed by atoms with van der Waals surface area (Å²) in [5, 5.41) is 4.89. The number of allylic oxidation sites excluding steroid dienone is 1. The number of fused-ring (bicyclic) bond motifs is 1. The van der Waals surface area contributed by atoms with Crippen LogP contribution in [0.15, 0.2) is 59.7 Å². The summed E-state index contributed by atoms with van der Waals surface area (Å²) in [6.45, 7) is 4.96. The average molecular weight is 437 g/mol. The first-order chi connectivity index (χ1) is 14.8. The van der Waals surface area contributed by atoms with Gasteiger partial charge in [0.1, 0.15) is 0 Å². The molecule has 31 heavy (non-hydrogen) atoms. The summed E-state index contributed by atoms with van der Waals surface area (Å²) in [7, 11) is 1.69. The standard InChI is InChI=1S/C24H25ClN4O2/c1-4-6-22(30)29-12-11-24(14-29,19-7-5-8-20(25)16(19)2)27-17-9-10-21-18(13-17)23(31)28(3)15-26-21/h4-10,13,15,27H,11-12,14H2,1-3H3/b6-4+/t24-/m1/s1. The molecule has 1 aliphatic rings. The predicted octanol–water partition coefficient (Wildman–Crippen LogP) is 4.01. The third-order valence-corrected chi connectivity index (χ3v) is 6.38. The van der Waals surface area contributed by atoms with Gasteiger partial charge in [-0.1, -0.05) is 29.8 Å². The Kier molecular flexibility index (Phi) is 5.58. The Balaban J connectivity index is 1.80. The van der Waals surface area contributed by atoms with Gasteiger partial charge in [-0.05, 0) is 61.7 Å². The number of halogens is 1. The van der Waals surface area contributed by atoms with Gasteiger partial charge in [-0.2, -0.15) is 0 Å². The third kappa shape index (κ3) is 3.83. The van der Waals surface area contributed by atoms with Gasteiger partial charge in [0, 0.05) is 30.8 Å². The highest BCUT2D eigenvalue weighted by molar-refractivity contribution is 6.31.